The van der Waals surface area contributed by atoms with Crippen molar-refractivity contribution in [3.05, 3.63) is 78.0 Å². The van der Waals surface area contributed by atoms with Crippen LogP contribution in [0.3, 0.4) is 0 Å². The van der Waals surface area contributed by atoms with Crippen LogP contribution in [0.2, 0.25) is 0 Å². The molecule has 1 aromatic heterocycles. The number of aromatic nitrogens is 1. The van der Waals surface area contributed by atoms with E-state index in [0.717, 1.165) is 22.6 Å². The number of benzene rings is 2. The molecule has 1 aliphatic rings. The number of carbonyl (C=O) groups excluding carboxylic acids is 3. The Morgan fingerprint density at radius 1 is 1.02 bits per heavy atom. The van der Waals surface area contributed by atoms with Crippen molar-refractivity contribution in [3.8, 4) is 16.9 Å². The summed E-state index contributed by atoms with van der Waals surface area (Å²) in [6.07, 6.45) is -1.08. The van der Waals surface area contributed by atoms with Gasteiger partial charge in [-0.2, -0.15) is 0 Å². The summed E-state index contributed by atoms with van der Waals surface area (Å²) in [5, 5.41) is 12.5. The number of amides is 5. The molecule has 11 nitrogen and oxygen atoms in total. The molecule has 0 aliphatic carbocycles. The molecule has 1 aliphatic heterocycles. The van der Waals surface area contributed by atoms with E-state index in [1.165, 1.54) is 4.90 Å². The summed E-state index contributed by atoms with van der Waals surface area (Å²) < 4.78 is 2.05. The number of piperazine rings is 1. The molecule has 4 N–H and O–H groups in total. The van der Waals surface area contributed by atoms with Gasteiger partial charge in [-0.3, -0.25) is 9.59 Å². The molecular weight excluding hydrogens is 536 g/mol. The van der Waals surface area contributed by atoms with Crippen molar-refractivity contribution in [2.45, 2.75) is 39.3 Å². The Morgan fingerprint density at radius 3 is 2.26 bits per heavy atom. The minimum absolute atomic E-state index is 0.00146. The number of nitrogens with zero attached hydrogens (tertiary/aromatic N) is 4. The Bertz CT molecular complexity index is 1420. The SMILES string of the molecule is Cc1cc(C(=O)N2CCN(C(=O)O)C[C@H]2CN(C(=O)NCCC(N)=O)C(C)C)c(-c2ccccc2)n1-c1ccccc1. The fraction of sp³-hybridized carbons (Fsp3) is 0.355. The fourth-order valence-electron chi connectivity index (χ4n) is 5.35. The van der Waals surface area contributed by atoms with E-state index in [4.69, 9.17) is 5.73 Å². The second-order valence-corrected chi connectivity index (χ2v) is 10.7. The van der Waals surface area contributed by atoms with Crippen molar-refractivity contribution in [1.29, 1.82) is 0 Å². The van der Waals surface area contributed by atoms with E-state index in [9.17, 15) is 24.3 Å². The minimum atomic E-state index is -1.08. The average molecular weight is 575 g/mol. The summed E-state index contributed by atoms with van der Waals surface area (Å²) in [6, 6.07) is 20.1. The van der Waals surface area contributed by atoms with Gasteiger partial charge < -0.3 is 35.4 Å². The number of rotatable bonds is 9. The highest BCUT2D eigenvalue weighted by Crippen LogP contribution is 2.32. The number of carbonyl (C=O) groups is 4. The zero-order valence-corrected chi connectivity index (χ0v) is 24.2. The first-order valence-corrected chi connectivity index (χ1v) is 14.0. The standard InChI is InChI=1S/C31H38N6O5/c1-21(2)36(30(40)33-15-14-27(32)38)20-25-19-34(31(41)42)16-17-35(25)29(39)26-18-22(3)37(24-12-8-5-9-13-24)28(26)23-10-6-4-7-11-23/h4-13,18,21,25H,14-17,19-20H2,1-3H3,(H2,32,38)(H,33,40)(H,41,42)/t25-/m0/s1. The predicted molar refractivity (Wildman–Crippen MR) is 159 cm³/mol. The molecule has 0 saturated carbocycles. The Morgan fingerprint density at radius 2 is 1.67 bits per heavy atom. The van der Waals surface area contributed by atoms with Crippen LogP contribution in [0.4, 0.5) is 9.59 Å². The zero-order chi connectivity index (χ0) is 30.4. The second-order valence-electron chi connectivity index (χ2n) is 10.7. The highest BCUT2D eigenvalue weighted by molar-refractivity contribution is 6.01. The van der Waals surface area contributed by atoms with Crippen LogP contribution in [0.25, 0.3) is 16.9 Å². The Kier molecular flexibility index (Phi) is 9.51. The molecule has 1 fully saturated rings. The van der Waals surface area contributed by atoms with E-state index in [-0.39, 0.29) is 51.1 Å². The predicted octanol–water partition coefficient (Wildman–Crippen LogP) is 3.55. The normalized spacial score (nSPS) is 15.0. The number of hydrogen-bond donors (Lipinski definition) is 3. The Hall–Kier alpha value is -4.80. The molecule has 3 aromatic rings. The fourth-order valence-corrected chi connectivity index (χ4v) is 5.35. The average Bonchev–Trinajstić information content (AvgIpc) is 3.32. The van der Waals surface area contributed by atoms with Crippen LogP contribution in [0.15, 0.2) is 66.7 Å². The van der Waals surface area contributed by atoms with Gasteiger partial charge in [0.25, 0.3) is 5.91 Å². The molecule has 0 radical (unpaired) electrons. The molecule has 0 spiro atoms. The van der Waals surface area contributed by atoms with E-state index in [0.29, 0.717) is 5.56 Å². The lowest BCUT2D eigenvalue weighted by Crippen LogP contribution is -2.61. The monoisotopic (exact) mass is 574 g/mol. The number of nitrogens with one attached hydrogen (secondary N) is 1. The van der Waals surface area contributed by atoms with Crippen LogP contribution in [0.1, 0.15) is 36.3 Å². The van der Waals surface area contributed by atoms with Crippen molar-refractivity contribution in [2.75, 3.05) is 32.7 Å². The molecule has 0 unspecified atom stereocenters. The van der Waals surface area contributed by atoms with Gasteiger partial charge in [0.2, 0.25) is 5.91 Å². The lowest BCUT2D eigenvalue weighted by atomic mass is 10.0. The summed E-state index contributed by atoms with van der Waals surface area (Å²) in [5.41, 5.74) is 9.11. The van der Waals surface area contributed by atoms with Gasteiger partial charge in [-0.05, 0) is 44.5 Å². The lowest BCUT2D eigenvalue weighted by molar-refractivity contribution is -0.117. The third-order valence-electron chi connectivity index (χ3n) is 7.43. The maximum atomic E-state index is 14.4. The molecule has 0 bridgehead atoms. The van der Waals surface area contributed by atoms with Crippen LogP contribution in [-0.2, 0) is 4.79 Å². The van der Waals surface area contributed by atoms with E-state index >= 15 is 0 Å². The molecule has 5 amide bonds. The number of hydrogen-bond acceptors (Lipinski definition) is 4. The summed E-state index contributed by atoms with van der Waals surface area (Å²) in [6.45, 7) is 6.21. The first-order valence-electron chi connectivity index (χ1n) is 14.0. The first kappa shape index (κ1) is 30.2. The molecular formula is C31H38N6O5. The zero-order valence-electron chi connectivity index (χ0n) is 24.2. The van der Waals surface area contributed by atoms with E-state index < -0.39 is 24.1 Å². The van der Waals surface area contributed by atoms with Crippen LogP contribution in [-0.4, -0.2) is 93.1 Å². The summed E-state index contributed by atoms with van der Waals surface area (Å²) in [7, 11) is 0. The lowest BCUT2D eigenvalue weighted by Gasteiger charge is -2.43. The Labute approximate surface area is 245 Å². The van der Waals surface area contributed by atoms with Gasteiger partial charge >= 0.3 is 12.1 Å². The van der Waals surface area contributed by atoms with E-state index in [1.54, 1.807) is 9.80 Å². The molecule has 1 saturated heterocycles. The number of urea groups is 1. The highest BCUT2D eigenvalue weighted by atomic mass is 16.4. The molecule has 42 heavy (non-hydrogen) atoms. The minimum Gasteiger partial charge on any atom is -0.465 e. The third-order valence-corrected chi connectivity index (χ3v) is 7.43. The van der Waals surface area contributed by atoms with Crippen molar-refractivity contribution in [2.24, 2.45) is 5.73 Å². The molecule has 222 valence electrons. The largest absolute Gasteiger partial charge is 0.465 e. The number of para-hydroxylation sites is 1. The first-order chi connectivity index (χ1) is 20.1. The van der Waals surface area contributed by atoms with Gasteiger partial charge in [0.15, 0.2) is 0 Å². The smallest absolute Gasteiger partial charge is 0.407 e. The van der Waals surface area contributed by atoms with Crippen molar-refractivity contribution in [3.63, 3.8) is 0 Å². The number of primary amides is 1. The van der Waals surface area contributed by atoms with Crippen molar-refractivity contribution < 1.29 is 24.3 Å². The topological polar surface area (TPSA) is 141 Å². The Balaban J connectivity index is 1.72. The summed E-state index contributed by atoms with van der Waals surface area (Å²) in [5.74, 6) is -0.765. The highest BCUT2D eigenvalue weighted by Gasteiger charge is 2.37. The quantitative estimate of drug-likeness (QED) is 0.358. The second kappa shape index (κ2) is 13.2. The summed E-state index contributed by atoms with van der Waals surface area (Å²) in [4.78, 5) is 55.1. The number of nitrogens with two attached hydrogens (primary N) is 1. The van der Waals surface area contributed by atoms with Crippen molar-refractivity contribution in [1.82, 2.24) is 24.6 Å². The van der Waals surface area contributed by atoms with Gasteiger partial charge in [0.05, 0.1) is 17.3 Å². The van der Waals surface area contributed by atoms with Gasteiger partial charge in [-0.1, -0.05) is 48.5 Å². The summed E-state index contributed by atoms with van der Waals surface area (Å²) >= 11 is 0. The molecule has 2 heterocycles. The van der Waals surface area contributed by atoms with Crippen LogP contribution in [0.5, 0.6) is 0 Å². The molecule has 2 aromatic carbocycles. The third kappa shape index (κ3) is 6.73. The van der Waals surface area contributed by atoms with Gasteiger partial charge in [0.1, 0.15) is 0 Å². The van der Waals surface area contributed by atoms with E-state index in [1.807, 2.05) is 87.5 Å². The van der Waals surface area contributed by atoms with Gasteiger partial charge in [-0.25, -0.2) is 9.59 Å². The van der Waals surface area contributed by atoms with Crippen LogP contribution in [0, 0.1) is 6.92 Å². The van der Waals surface area contributed by atoms with Gasteiger partial charge in [0, 0.05) is 56.6 Å². The number of carboxylic acid groups (broad SMARTS) is 1. The maximum absolute atomic E-state index is 14.4. The van der Waals surface area contributed by atoms with Crippen molar-refractivity contribution >= 4 is 23.9 Å². The molecule has 4 rings (SSSR count). The molecule has 11 heteroatoms. The van der Waals surface area contributed by atoms with Crippen LogP contribution >= 0.6 is 0 Å². The molecule has 1 atom stereocenters. The van der Waals surface area contributed by atoms with Crippen LogP contribution < -0.4 is 11.1 Å². The van der Waals surface area contributed by atoms with Gasteiger partial charge in [-0.15, -0.1) is 0 Å². The maximum Gasteiger partial charge on any atom is 0.407 e. The number of aryl methyl sites for hydroxylation is 1. The van der Waals surface area contributed by atoms with E-state index in [2.05, 4.69) is 9.88 Å².